The van der Waals surface area contributed by atoms with Gasteiger partial charge in [-0.25, -0.2) is 9.97 Å². The Morgan fingerprint density at radius 2 is 2.12 bits per heavy atom. The highest BCUT2D eigenvalue weighted by Crippen LogP contribution is 2.09. The number of aliphatic hydroxyl groups excluding tert-OH is 1. The molecule has 0 aliphatic heterocycles. The first-order valence-electron chi connectivity index (χ1n) is 5.42. The average Bonchev–Trinajstić information content (AvgIpc) is 2.35. The van der Waals surface area contributed by atoms with Gasteiger partial charge >= 0.3 is 0 Å². The summed E-state index contributed by atoms with van der Waals surface area (Å²) in [4.78, 5) is 12.5. The molecule has 6 heteroatoms. The van der Waals surface area contributed by atoms with E-state index in [1.165, 1.54) is 0 Å². The Labute approximate surface area is 98.9 Å². The molecule has 0 fully saturated rings. The molecule has 0 radical (unpaired) electrons. The van der Waals surface area contributed by atoms with Crippen LogP contribution >= 0.6 is 0 Å². The van der Waals surface area contributed by atoms with Gasteiger partial charge < -0.3 is 16.2 Å². The van der Waals surface area contributed by atoms with Gasteiger partial charge in [0.1, 0.15) is 11.3 Å². The molecule has 0 aromatic carbocycles. The maximum Gasteiger partial charge on any atom is 0.180 e. The number of aromatic nitrogens is 3. The van der Waals surface area contributed by atoms with E-state index in [0.717, 1.165) is 5.52 Å². The lowest BCUT2D eigenvalue weighted by atomic mass is 10.2. The van der Waals surface area contributed by atoms with Crippen LogP contribution in [0, 0.1) is 0 Å². The van der Waals surface area contributed by atoms with Crippen molar-refractivity contribution in [2.75, 3.05) is 11.9 Å². The number of hydrogen-bond acceptors (Lipinski definition) is 6. The molecule has 2 rings (SSSR count). The van der Waals surface area contributed by atoms with Crippen LogP contribution in [0.25, 0.3) is 11.2 Å². The third kappa shape index (κ3) is 2.86. The fraction of sp³-hybridized carbons (Fsp3) is 0.364. The number of nitrogens with zero attached hydrogens (tertiary/aromatic N) is 3. The number of rotatable bonds is 4. The van der Waals surface area contributed by atoms with Crippen LogP contribution in [0.2, 0.25) is 0 Å². The van der Waals surface area contributed by atoms with Gasteiger partial charge in [0.15, 0.2) is 5.65 Å². The van der Waals surface area contributed by atoms with E-state index in [-0.39, 0.29) is 6.04 Å². The van der Waals surface area contributed by atoms with Crippen molar-refractivity contribution in [2.45, 2.75) is 19.1 Å². The zero-order valence-electron chi connectivity index (χ0n) is 9.54. The van der Waals surface area contributed by atoms with Gasteiger partial charge in [0.25, 0.3) is 0 Å². The summed E-state index contributed by atoms with van der Waals surface area (Å²) < 4.78 is 0. The number of fused-ring (bicyclic) bond motifs is 1. The molecule has 0 aliphatic carbocycles. The van der Waals surface area contributed by atoms with Crippen molar-refractivity contribution >= 4 is 17.0 Å². The van der Waals surface area contributed by atoms with Gasteiger partial charge in [0, 0.05) is 25.0 Å². The zero-order valence-corrected chi connectivity index (χ0v) is 9.54. The van der Waals surface area contributed by atoms with Gasteiger partial charge in [0.2, 0.25) is 0 Å². The molecule has 2 heterocycles. The fourth-order valence-electron chi connectivity index (χ4n) is 1.35. The summed E-state index contributed by atoms with van der Waals surface area (Å²) in [5, 5.41) is 12.3. The number of nitrogens with one attached hydrogen (secondary N) is 1. The van der Waals surface area contributed by atoms with Crippen LogP contribution in [-0.4, -0.2) is 38.7 Å². The molecule has 2 unspecified atom stereocenters. The van der Waals surface area contributed by atoms with Gasteiger partial charge in [-0.1, -0.05) is 0 Å². The summed E-state index contributed by atoms with van der Waals surface area (Å²) in [5.41, 5.74) is 7.04. The fourth-order valence-corrected chi connectivity index (χ4v) is 1.35. The summed E-state index contributed by atoms with van der Waals surface area (Å²) in [6.45, 7) is 2.11. The number of anilines is 1. The molecule has 0 saturated heterocycles. The minimum absolute atomic E-state index is 0.325. The molecule has 2 atom stereocenters. The van der Waals surface area contributed by atoms with Gasteiger partial charge in [-0.15, -0.1) is 0 Å². The van der Waals surface area contributed by atoms with Crippen molar-refractivity contribution < 1.29 is 5.11 Å². The summed E-state index contributed by atoms with van der Waals surface area (Å²) in [6.07, 6.45) is 2.67. The number of aliphatic hydroxyl groups is 1. The second kappa shape index (κ2) is 5.03. The highest BCUT2D eigenvalue weighted by atomic mass is 16.3. The van der Waals surface area contributed by atoms with Crippen molar-refractivity contribution in [2.24, 2.45) is 5.73 Å². The van der Waals surface area contributed by atoms with Crippen LogP contribution in [0.1, 0.15) is 6.92 Å². The Morgan fingerprint density at radius 3 is 2.88 bits per heavy atom. The van der Waals surface area contributed by atoms with E-state index in [9.17, 15) is 5.11 Å². The second-order valence-electron chi connectivity index (χ2n) is 3.88. The van der Waals surface area contributed by atoms with Crippen molar-refractivity contribution in [3.8, 4) is 0 Å². The SMILES string of the molecule is CC(O)C(N)CNc1ccc2nccnc2n1. The van der Waals surface area contributed by atoms with Crippen molar-refractivity contribution in [1.29, 1.82) is 0 Å². The van der Waals surface area contributed by atoms with Crippen molar-refractivity contribution in [3.63, 3.8) is 0 Å². The monoisotopic (exact) mass is 233 g/mol. The molecule has 2 aromatic heterocycles. The minimum atomic E-state index is -0.553. The normalized spacial score (nSPS) is 14.5. The number of hydrogen-bond donors (Lipinski definition) is 3. The van der Waals surface area contributed by atoms with Crippen LogP contribution in [-0.2, 0) is 0 Å². The molecule has 6 nitrogen and oxygen atoms in total. The first-order chi connectivity index (χ1) is 8.16. The first kappa shape index (κ1) is 11.7. The Hall–Kier alpha value is -1.79. The van der Waals surface area contributed by atoms with Crippen LogP contribution < -0.4 is 11.1 Å². The van der Waals surface area contributed by atoms with Gasteiger partial charge in [-0.05, 0) is 19.1 Å². The van der Waals surface area contributed by atoms with E-state index in [4.69, 9.17) is 5.73 Å². The van der Waals surface area contributed by atoms with Crippen LogP contribution in [0.5, 0.6) is 0 Å². The predicted molar refractivity (Wildman–Crippen MR) is 65.5 cm³/mol. The molecule has 0 spiro atoms. The smallest absolute Gasteiger partial charge is 0.180 e. The van der Waals surface area contributed by atoms with E-state index >= 15 is 0 Å². The first-order valence-corrected chi connectivity index (χ1v) is 5.42. The van der Waals surface area contributed by atoms with E-state index in [0.29, 0.717) is 18.0 Å². The van der Waals surface area contributed by atoms with Crippen LogP contribution in [0.3, 0.4) is 0 Å². The van der Waals surface area contributed by atoms with Crippen LogP contribution in [0.15, 0.2) is 24.5 Å². The molecule has 0 amide bonds. The van der Waals surface area contributed by atoms with Crippen molar-refractivity contribution in [3.05, 3.63) is 24.5 Å². The third-order valence-electron chi connectivity index (χ3n) is 2.47. The summed E-state index contributed by atoms with van der Waals surface area (Å²) in [7, 11) is 0. The van der Waals surface area contributed by atoms with Gasteiger partial charge in [0.05, 0.1) is 6.10 Å². The largest absolute Gasteiger partial charge is 0.392 e. The molecule has 2 aromatic rings. The molecule has 17 heavy (non-hydrogen) atoms. The Bertz CT molecular complexity index is 502. The summed E-state index contributed by atoms with van der Waals surface area (Å²) in [5.74, 6) is 0.675. The third-order valence-corrected chi connectivity index (χ3v) is 2.47. The highest BCUT2D eigenvalue weighted by molar-refractivity contribution is 5.71. The summed E-state index contributed by atoms with van der Waals surface area (Å²) >= 11 is 0. The van der Waals surface area contributed by atoms with Crippen molar-refractivity contribution in [1.82, 2.24) is 15.0 Å². The standard InChI is InChI=1S/C11H15N5O/c1-7(17)8(12)6-15-10-3-2-9-11(16-10)14-5-4-13-9/h2-5,7-8,17H,6,12H2,1H3,(H,14,15,16). The maximum atomic E-state index is 9.26. The number of nitrogens with two attached hydrogens (primary N) is 1. The molecule has 0 saturated carbocycles. The molecular weight excluding hydrogens is 218 g/mol. The Morgan fingerprint density at radius 1 is 1.35 bits per heavy atom. The molecule has 4 N–H and O–H groups in total. The minimum Gasteiger partial charge on any atom is -0.392 e. The highest BCUT2D eigenvalue weighted by Gasteiger charge is 2.09. The lowest BCUT2D eigenvalue weighted by Gasteiger charge is -2.15. The molecular formula is C11H15N5O. The topological polar surface area (TPSA) is 97.0 Å². The lowest BCUT2D eigenvalue weighted by molar-refractivity contribution is 0.168. The van der Waals surface area contributed by atoms with Gasteiger partial charge in [-0.3, -0.25) is 4.98 Å². The van der Waals surface area contributed by atoms with Crippen LogP contribution in [0.4, 0.5) is 5.82 Å². The predicted octanol–water partition coefficient (Wildman–Crippen LogP) is 0.145. The lowest BCUT2D eigenvalue weighted by Crippen LogP contribution is -2.38. The molecule has 0 bridgehead atoms. The molecule has 90 valence electrons. The van der Waals surface area contributed by atoms with E-state index < -0.39 is 6.10 Å². The number of pyridine rings is 1. The van der Waals surface area contributed by atoms with E-state index in [1.807, 2.05) is 12.1 Å². The van der Waals surface area contributed by atoms with E-state index in [1.54, 1.807) is 19.3 Å². The quantitative estimate of drug-likeness (QED) is 0.695. The Kier molecular flexibility index (Phi) is 3.46. The Balaban J connectivity index is 2.09. The van der Waals surface area contributed by atoms with Gasteiger partial charge in [-0.2, -0.15) is 0 Å². The maximum absolute atomic E-state index is 9.26. The van der Waals surface area contributed by atoms with E-state index in [2.05, 4.69) is 20.3 Å². The summed E-state index contributed by atoms with van der Waals surface area (Å²) in [6, 6.07) is 3.33. The molecule has 0 aliphatic rings. The zero-order chi connectivity index (χ0) is 12.3. The average molecular weight is 233 g/mol. The second-order valence-corrected chi connectivity index (χ2v) is 3.88.